The van der Waals surface area contributed by atoms with E-state index in [-0.39, 0.29) is 6.10 Å². The van der Waals surface area contributed by atoms with Gasteiger partial charge in [-0.15, -0.1) is 0 Å². The number of benzene rings is 2. The van der Waals surface area contributed by atoms with Gasteiger partial charge in [0.2, 0.25) is 0 Å². The summed E-state index contributed by atoms with van der Waals surface area (Å²) in [7, 11) is -2.25. The first-order valence-corrected chi connectivity index (χ1v) is 22.3. The van der Waals surface area contributed by atoms with Gasteiger partial charge in [0.1, 0.15) is 0 Å². The lowest BCUT2D eigenvalue weighted by molar-refractivity contribution is 0.0926. The molecule has 1 N–H and O–H groups in total. The van der Waals surface area contributed by atoms with Gasteiger partial charge in [0, 0.05) is 18.3 Å². The fourth-order valence-corrected chi connectivity index (χ4v) is 10.7. The Morgan fingerprint density at radius 3 is 1.26 bits per heavy atom. The second-order valence-electron chi connectivity index (χ2n) is 14.3. The van der Waals surface area contributed by atoms with Crippen molar-refractivity contribution in [3.63, 3.8) is 0 Å². The predicted octanol–water partition coefficient (Wildman–Crippen LogP) is 8.43. The summed E-state index contributed by atoms with van der Waals surface area (Å²) >= 11 is 0. The SMILES string of the molecule is OC1CCCCCC1.c1ccc([SiH2]OC2CCCCCC2)cc1.c1ccc([SiH](OC2CCCCCC2)OC2CCCCCC2)cc1. The topological polar surface area (TPSA) is 47.9 Å². The molecule has 0 aliphatic heterocycles. The Balaban J connectivity index is 0.000000178. The Morgan fingerprint density at radius 1 is 0.457 bits per heavy atom. The summed E-state index contributed by atoms with van der Waals surface area (Å²) in [5, 5.41) is 11.8. The van der Waals surface area contributed by atoms with Gasteiger partial charge in [-0.25, -0.2) is 0 Å². The van der Waals surface area contributed by atoms with Crippen molar-refractivity contribution in [2.45, 2.75) is 179 Å². The number of aliphatic hydroxyl groups is 1. The predicted molar refractivity (Wildman–Crippen MR) is 199 cm³/mol. The lowest BCUT2D eigenvalue weighted by Crippen LogP contribution is -2.42. The van der Waals surface area contributed by atoms with Crippen molar-refractivity contribution in [3.8, 4) is 0 Å². The van der Waals surface area contributed by atoms with Crippen LogP contribution in [0.15, 0.2) is 60.7 Å². The van der Waals surface area contributed by atoms with Gasteiger partial charge in [0.15, 0.2) is 9.76 Å². The minimum Gasteiger partial charge on any atom is -0.416 e. The molecule has 0 atom stereocenters. The van der Waals surface area contributed by atoms with E-state index in [1.54, 1.807) is 0 Å². The van der Waals surface area contributed by atoms with Crippen LogP contribution in [-0.2, 0) is 13.3 Å². The molecule has 0 saturated heterocycles. The summed E-state index contributed by atoms with van der Waals surface area (Å²) in [4.78, 5) is 0. The van der Waals surface area contributed by atoms with Crippen molar-refractivity contribution < 1.29 is 18.4 Å². The number of hydrogen-bond acceptors (Lipinski definition) is 4. The second-order valence-corrected chi connectivity index (χ2v) is 17.6. The van der Waals surface area contributed by atoms with E-state index >= 15 is 0 Å². The van der Waals surface area contributed by atoms with Crippen molar-refractivity contribution >= 4 is 29.4 Å². The lowest BCUT2D eigenvalue weighted by atomic mass is 10.2. The van der Waals surface area contributed by atoms with E-state index in [0.717, 1.165) is 12.8 Å². The third kappa shape index (κ3) is 16.2. The Bertz CT molecular complexity index is 939. The summed E-state index contributed by atoms with van der Waals surface area (Å²) in [6, 6.07) is 21.5. The summed E-state index contributed by atoms with van der Waals surface area (Å²) in [5.41, 5.74) is 0. The summed E-state index contributed by atoms with van der Waals surface area (Å²) in [5.74, 6) is 0. The first kappa shape index (κ1) is 37.5. The van der Waals surface area contributed by atoms with Crippen LogP contribution in [0.2, 0.25) is 0 Å². The zero-order chi connectivity index (χ0) is 31.9. The van der Waals surface area contributed by atoms with Crippen LogP contribution in [0.1, 0.15) is 154 Å². The highest BCUT2D eigenvalue weighted by molar-refractivity contribution is 6.61. The summed E-state index contributed by atoms with van der Waals surface area (Å²) in [6.07, 6.45) is 32.5. The van der Waals surface area contributed by atoms with E-state index in [0.29, 0.717) is 18.3 Å². The minimum absolute atomic E-state index is 0.0255. The molecule has 0 amide bonds. The molecule has 0 unspecified atom stereocenters. The molecule has 6 rings (SSSR count). The van der Waals surface area contributed by atoms with Crippen LogP contribution in [0.4, 0.5) is 0 Å². The molecule has 4 fully saturated rings. The molecular formula is C40H66O4Si2. The second kappa shape index (κ2) is 23.9. The quantitative estimate of drug-likeness (QED) is 0.227. The molecule has 2 aromatic rings. The smallest absolute Gasteiger partial charge is 0.356 e. The fraction of sp³-hybridized carbons (Fsp3) is 0.700. The van der Waals surface area contributed by atoms with Gasteiger partial charge in [-0.2, -0.15) is 0 Å². The summed E-state index contributed by atoms with van der Waals surface area (Å²) < 4.78 is 19.3. The van der Waals surface area contributed by atoms with Crippen molar-refractivity contribution in [1.29, 1.82) is 0 Å². The van der Waals surface area contributed by atoms with E-state index in [1.165, 1.54) is 152 Å². The van der Waals surface area contributed by atoms with Gasteiger partial charge >= 0.3 is 9.28 Å². The molecule has 0 spiro atoms. The minimum atomic E-state index is -1.78. The van der Waals surface area contributed by atoms with Gasteiger partial charge in [-0.3, -0.25) is 0 Å². The average Bonchev–Trinajstić information content (AvgIpc) is 3.70. The zero-order valence-corrected chi connectivity index (χ0v) is 31.6. The highest BCUT2D eigenvalue weighted by atomic mass is 28.3. The molecular weight excluding hydrogens is 601 g/mol. The third-order valence-electron chi connectivity index (χ3n) is 10.3. The molecule has 0 radical (unpaired) electrons. The third-order valence-corrected chi connectivity index (χ3v) is 13.9. The molecule has 4 aliphatic carbocycles. The monoisotopic (exact) mass is 666 g/mol. The molecule has 2 aromatic carbocycles. The highest BCUT2D eigenvalue weighted by Crippen LogP contribution is 2.24. The van der Waals surface area contributed by atoms with Crippen LogP contribution in [-0.4, -0.2) is 48.6 Å². The lowest BCUT2D eigenvalue weighted by Gasteiger charge is -2.27. The van der Waals surface area contributed by atoms with Crippen LogP contribution in [0.5, 0.6) is 0 Å². The van der Waals surface area contributed by atoms with Gasteiger partial charge in [-0.1, -0.05) is 163 Å². The molecule has 0 bridgehead atoms. The molecule has 4 aliphatic rings. The van der Waals surface area contributed by atoms with Crippen LogP contribution >= 0.6 is 0 Å². The molecule has 46 heavy (non-hydrogen) atoms. The molecule has 4 nitrogen and oxygen atoms in total. The van der Waals surface area contributed by atoms with Crippen LogP contribution in [0, 0.1) is 0 Å². The molecule has 0 heterocycles. The maximum absolute atomic E-state index is 9.09. The van der Waals surface area contributed by atoms with Crippen LogP contribution < -0.4 is 10.4 Å². The van der Waals surface area contributed by atoms with Gasteiger partial charge in [0.25, 0.3) is 0 Å². The van der Waals surface area contributed by atoms with E-state index in [9.17, 15) is 0 Å². The van der Waals surface area contributed by atoms with Crippen molar-refractivity contribution in [3.05, 3.63) is 60.7 Å². The number of hydrogen-bond donors (Lipinski definition) is 1. The summed E-state index contributed by atoms with van der Waals surface area (Å²) in [6.45, 7) is 0. The molecule has 258 valence electrons. The Labute approximate surface area is 286 Å². The van der Waals surface area contributed by atoms with Crippen molar-refractivity contribution in [2.75, 3.05) is 0 Å². The molecule has 0 aromatic heterocycles. The Hall–Kier alpha value is -1.29. The maximum Gasteiger partial charge on any atom is 0.356 e. The number of rotatable bonds is 8. The van der Waals surface area contributed by atoms with Crippen molar-refractivity contribution in [1.82, 2.24) is 0 Å². The van der Waals surface area contributed by atoms with Gasteiger partial charge in [0.05, 0.1) is 6.10 Å². The molecule has 6 heteroatoms. The normalized spacial score (nSPS) is 21.7. The van der Waals surface area contributed by atoms with Gasteiger partial charge < -0.3 is 18.4 Å². The van der Waals surface area contributed by atoms with Crippen LogP contribution in [0.25, 0.3) is 0 Å². The first-order chi connectivity index (χ1) is 22.8. The average molecular weight is 667 g/mol. The largest absolute Gasteiger partial charge is 0.416 e. The van der Waals surface area contributed by atoms with E-state index in [1.807, 2.05) is 0 Å². The van der Waals surface area contributed by atoms with Gasteiger partial charge in [-0.05, 0) is 61.7 Å². The fourth-order valence-electron chi connectivity index (χ4n) is 7.36. The van der Waals surface area contributed by atoms with E-state index in [2.05, 4.69) is 60.7 Å². The first-order valence-electron chi connectivity index (χ1n) is 19.5. The van der Waals surface area contributed by atoms with E-state index in [4.69, 9.17) is 18.4 Å². The highest BCUT2D eigenvalue weighted by Gasteiger charge is 2.26. The maximum atomic E-state index is 9.09. The number of aliphatic hydroxyl groups excluding tert-OH is 1. The van der Waals surface area contributed by atoms with Crippen molar-refractivity contribution in [2.24, 2.45) is 0 Å². The zero-order valence-electron chi connectivity index (χ0n) is 29.0. The van der Waals surface area contributed by atoms with Crippen LogP contribution in [0.3, 0.4) is 0 Å². The van der Waals surface area contributed by atoms with E-state index < -0.39 is 19.0 Å². The standard InChI is InChI=1S/C20H32O2Si.C13H20OSi.C7H14O/c1-2-7-13-18(12-6-1)21-23(20-16-10-5-11-17-20)22-19-14-8-3-4-9-15-19;1-2-5-9-12(8-4-1)14-15-13-10-6-3-7-11-13;8-7-5-3-1-2-4-6-7/h5,10-11,16-19,23H,1-4,6-9,12-15H2;3,6-7,10-12H,1-2,4-5,8-9,15H2;7-8H,1-6H2. The Kier molecular flexibility index (Phi) is 19.5. The molecule has 4 saturated carbocycles. The Morgan fingerprint density at radius 2 is 0.826 bits per heavy atom.